The zero-order valence-corrected chi connectivity index (χ0v) is 8.46. The third-order valence-corrected chi connectivity index (χ3v) is 1.42. The molecule has 1 N–H and O–H groups in total. The molecule has 0 unspecified atom stereocenters. The third-order valence-electron chi connectivity index (χ3n) is 1.42. The van der Waals surface area contributed by atoms with Crippen LogP contribution >= 0.6 is 0 Å². The average molecular weight is 232 g/mol. The number of hydrogen-bond acceptors (Lipinski definition) is 2. The standard InChI is InChI=1S/C5H5NO2.C5H5.Fe/c7-6(8)5-3-1-2-4-5;1-2-4-5-3-1;/h1-4H,(H,7,8);1-5H;/q;-1;. The summed E-state index contributed by atoms with van der Waals surface area (Å²) in [5.41, 5.74) is 0.269. The Morgan fingerprint density at radius 3 is 1.86 bits per heavy atom. The van der Waals surface area contributed by atoms with Crippen LogP contribution in [0.3, 0.4) is 0 Å². The first-order valence-corrected chi connectivity index (χ1v) is 3.85. The van der Waals surface area contributed by atoms with Crippen molar-refractivity contribution in [1.82, 2.24) is 0 Å². The van der Waals surface area contributed by atoms with E-state index in [9.17, 15) is 5.21 Å². The molecule has 76 valence electrons. The van der Waals surface area contributed by atoms with Gasteiger partial charge in [0.15, 0.2) is 0 Å². The molecule has 0 aliphatic heterocycles. The van der Waals surface area contributed by atoms with Crippen LogP contribution < -0.4 is 0 Å². The number of allylic oxidation sites excluding steroid dienone is 4. The van der Waals surface area contributed by atoms with Gasteiger partial charge in [0.2, 0.25) is 0 Å². The Hall–Kier alpha value is -1.38. The van der Waals surface area contributed by atoms with E-state index in [0.717, 1.165) is 0 Å². The minimum Gasteiger partial charge on any atom is -0.417 e. The van der Waals surface area contributed by atoms with Crippen molar-refractivity contribution in [2.45, 2.75) is 0 Å². The van der Waals surface area contributed by atoms with E-state index >= 15 is 0 Å². The van der Waals surface area contributed by atoms with Gasteiger partial charge in [0.1, 0.15) is 0 Å². The molecule has 1 aromatic rings. The first-order valence-electron chi connectivity index (χ1n) is 3.85. The van der Waals surface area contributed by atoms with Crippen molar-refractivity contribution < 1.29 is 27.2 Å². The van der Waals surface area contributed by atoms with Gasteiger partial charge in [0, 0.05) is 34.1 Å². The number of rotatable bonds is 0. The summed E-state index contributed by atoms with van der Waals surface area (Å²) < 4.78 is 0. The van der Waals surface area contributed by atoms with Crippen molar-refractivity contribution in [3.05, 3.63) is 59.8 Å². The molecule has 3 nitrogen and oxygen atoms in total. The van der Waals surface area contributed by atoms with Gasteiger partial charge in [-0.1, -0.05) is 12.2 Å². The molecule has 0 bridgehead atoms. The Morgan fingerprint density at radius 2 is 1.64 bits per heavy atom. The van der Waals surface area contributed by atoms with E-state index in [4.69, 9.17) is 5.21 Å². The van der Waals surface area contributed by atoms with E-state index in [-0.39, 0.29) is 27.7 Å². The second-order valence-corrected chi connectivity index (χ2v) is 2.38. The molecule has 1 aliphatic rings. The topological polar surface area (TPSA) is 46.3 Å². The van der Waals surface area contributed by atoms with Crippen LogP contribution in [0.25, 0.3) is 0 Å². The average Bonchev–Trinajstić information content (AvgIpc) is 2.82. The molecular formula is C10H10FeNO2-. The Balaban J connectivity index is 0.000000246. The molecule has 4 heteroatoms. The fraction of sp³-hybridized carbons (Fsp3) is 0. The van der Waals surface area contributed by atoms with Crippen molar-refractivity contribution in [2.75, 3.05) is 0 Å². The van der Waals surface area contributed by atoms with Gasteiger partial charge in [0.05, 0.1) is 0 Å². The molecule has 0 spiro atoms. The first-order chi connectivity index (χ1) is 6.30. The summed E-state index contributed by atoms with van der Waals surface area (Å²) in [6.45, 7) is 0. The monoisotopic (exact) mass is 232 g/mol. The summed E-state index contributed by atoms with van der Waals surface area (Å²) in [5.74, 6) is 0. The normalized spacial score (nSPS) is 11.6. The molecule has 2 rings (SSSR count). The van der Waals surface area contributed by atoms with E-state index in [1.165, 1.54) is 12.2 Å². The summed E-state index contributed by atoms with van der Waals surface area (Å²) in [4.78, 5) is -0.167. The van der Waals surface area contributed by atoms with Crippen molar-refractivity contribution in [1.29, 1.82) is 0 Å². The molecule has 1 aliphatic carbocycles. The minimum atomic E-state index is -0.167. The molecular weight excluding hydrogens is 222 g/mol. The summed E-state index contributed by atoms with van der Waals surface area (Å²) in [5, 5.41) is 18.2. The Morgan fingerprint density at radius 1 is 1.14 bits per heavy atom. The Labute approximate surface area is 93.1 Å². The zero-order valence-electron chi connectivity index (χ0n) is 7.35. The van der Waals surface area contributed by atoms with E-state index < -0.39 is 0 Å². The van der Waals surface area contributed by atoms with Gasteiger partial charge in [0.25, 0.3) is 5.71 Å². The van der Waals surface area contributed by atoms with Crippen LogP contribution in [0.1, 0.15) is 0 Å². The maximum Gasteiger partial charge on any atom is 0.267 e. The van der Waals surface area contributed by atoms with Crippen LogP contribution in [0, 0.1) is 5.21 Å². The van der Waals surface area contributed by atoms with Gasteiger partial charge in [-0.25, -0.2) is 12.1 Å². The Kier molecular flexibility index (Phi) is 6.37. The van der Waals surface area contributed by atoms with E-state index in [2.05, 4.69) is 0 Å². The van der Waals surface area contributed by atoms with Crippen LogP contribution in [-0.2, 0) is 17.1 Å². The molecule has 0 atom stereocenters. The van der Waals surface area contributed by atoms with Crippen molar-refractivity contribution in [2.24, 2.45) is 0 Å². The fourth-order valence-electron chi connectivity index (χ4n) is 0.812. The van der Waals surface area contributed by atoms with Crippen molar-refractivity contribution >= 4 is 5.71 Å². The summed E-state index contributed by atoms with van der Waals surface area (Å²) in [7, 11) is 0. The molecule has 0 saturated carbocycles. The van der Waals surface area contributed by atoms with E-state index in [1.54, 1.807) is 12.2 Å². The zero-order chi connectivity index (χ0) is 9.52. The van der Waals surface area contributed by atoms with Crippen LogP contribution in [0.5, 0.6) is 0 Å². The van der Waals surface area contributed by atoms with Gasteiger partial charge in [-0.3, -0.25) is 5.21 Å². The van der Waals surface area contributed by atoms with Crippen LogP contribution in [0.4, 0.5) is 0 Å². The van der Waals surface area contributed by atoms with Crippen LogP contribution in [0.15, 0.2) is 54.6 Å². The van der Waals surface area contributed by atoms with Crippen molar-refractivity contribution in [3.8, 4) is 0 Å². The first kappa shape index (κ1) is 12.6. The van der Waals surface area contributed by atoms with Gasteiger partial charge < -0.3 is 5.21 Å². The maximum absolute atomic E-state index is 9.98. The SMILES string of the molecule is [Fe].[O-][N+](O)=C1C=CC=C1.c1cc[cH-]c1. The van der Waals surface area contributed by atoms with Crippen LogP contribution in [0.2, 0.25) is 0 Å². The quantitative estimate of drug-likeness (QED) is 0.244. The van der Waals surface area contributed by atoms with Gasteiger partial charge in [-0.05, 0) is 0 Å². The molecule has 0 amide bonds. The number of hydrogen-bond donors (Lipinski definition) is 1. The predicted molar refractivity (Wildman–Crippen MR) is 50.7 cm³/mol. The van der Waals surface area contributed by atoms with Gasteiger partial charge >= 0.3 is 0 Å². The fourth-order valence-corrected chi connectivity index (χ4v) is 0.812. The minimum absolute atomic E-state index is 0. The largest absolute Gasteiger partial charge is 0.417 e. The molecule has 1 aromatic carbocycles. The second kappa shape index (κ2) is 7.06. The van der Waals surface area contributed by atoms with Gasteiger partial charge in [-0.15, -0.1) is 0 Å². The smallest absolute Gasteiger partial charge is 0.267 e. The van der Waals surface area contributed by atoms with Crippen molar-refractivity contribution in [3.63, 3.8) is 0 Å². The van der Waals surface area contributed by atoms with Crippen LogP contribution in [-0.4, -0.2) is 15.8 Å². The third kappa shape index (κ3) is 4.60. The second-order valence-electron chi connectivity index (χ2n) is 2.38. The number of nitrogens with zero attached hydrogens (tertiary/aromatic N) is 1. The molecule has 14 heavy (non-hydrogen) atoms. The molecule has 0 heterocycles. The summed E-state index contributed by atoms with van der Waals surface area (Å²) >= 11 is 0. The molecule has 0 aromatic heterocycles. The molecule has 0 saturated heterocycles. The predicted octanol–water partition coefficient (Wildman–Crippen LogP) is 1.86. The van der Waals surface area contributed by atoms with Gasteiger partial charge in [-0.2, -0.15) is 18.2 Å². The maximum atomic E-state index is 9.98. The van der Waals surface area contributed by atoms with E-state index in [0.29, 0.717) is 0 Å². The summed E-state index contributed by atoms with van der Waals surface area (Å²) in [6.07, 6.45) is 6.40. The van der Waals surface area contributed by atoms with E-state index in [1.807, 2.05) is 30.3 Å². The molecule has 0 radical (unpaired) electrons. The molecule has 0 fully saturated rings. The Bertz CT molecular complexity index is 291. The summed E-state index contributed by atoms with van der Waals surface area (Å²) in [6, 6.07) is 10.0.